The van der Waals surface area contributed by atoms with Crippen LogP contribution in [0, 0.1) is 0 Å². The summed E-state index contributed by atoms with van der Waals surface area (Å²) in [5, 5.41) is 13.8. The summed E-state index contributed by atoms with van der Waals surface area (Å²) in [5.74, 6) is 2.08. The van der Waals surface area contributed by atoms with Crippen LogP contribution in [0.15, 0.2) is 51.7 Å². The van der Waals surface area contributed by atoms with Crippen LogP contribution in [0.2, 0.25) is 0 Å². The largest absolute Gasteiger partial charge is 0.497 e. The van der Waals surface area contributed by atoms with Crippen molar-refractivity contribution in [2.75, 3.05) is 27.4 Å². The first kappa shape index (κ1) is 22.7. The quantitative estimate of drug-likeness (QED) is 0.568. The SMILES string of the molecule is COc1cc(OC)cc(-c2cc(=O)c3ccc(OCC(O)CNC(C)(C)C)cc3o2)c1. The minimum absolute atomic E-state index is 0.0907. The van der Waals surface area contributed by atoms with Crippen LogP contribution in [-0.2, 0) is 0 Å². The van der Waals surface area contributed by atoms with Gasteiger partial charge in [0.2, 0.25) is 0 Å². The molecule has 7 nitrogen and oxygen atoms in total. The van der Waals surface area contributed by atoms with Crippen molar-refractivity contribution < 1.29 is 23.7 Å². The number of ether oxygens (including phenoxy) is 3. The van der Waals surface area contributed by atoms with Crippen molar-refractivity contribution in [1.82, 2.24) is 5.32 Å². The smallest absolute Gasteiger partial charge is 0.193 e. The van der Waals surface area contributed by atoms with Gasteiger partial charge in [-0.3, -0.25) is 4.79 Å². The zero-order valence-electron chi connectivity index (χ0n) is 18.5. The topological polar surface area (TPSA) is 90.2 Å². The lowest BCUT2D eigenvalue weighted by Gasteiger charge is -2.22. The number of aliphatic hydroxyl groups excluding tert-OH is 1. The molecule has 166 valence electrons. The molecule has 0 saturated heterocycles. The zero-order valence-corrected chi connectivity index (χ0v) is 18.5. The van der Waals surface area contributed by atoms with Crippen LogP contribution in [0.4, 0.5) is 0 Å². The summed E-state index contributed by atoms with van der Waals surface area (Å²) >= 11 is 0. The van der Waals surface area contributed by atoms with Crippen LogP contribution in [0.25, 0.3) is 22.3 Å². The van der Waals surface area contributed by atoms with Crippen molar-refractivity contribution in [3.63, 3.8) is 0 Å². The average molecular weight is 427 g/mol. The van der Waals surface area contributed by atoms with Gasteiger partial charge in [-0.05, 0) is 45.0 Å². The third kappa shape index (κ3) is 5.99. The Hall–Kier alpha value is -3.03. The monoisotopic (exact) mass is 427 g/mol. The zero-order chi connectivity index (χ0) is 22.6. The van der Waals surface area contributed by atoms with E-state index in [-0.39, 0.29) is 17.6 Å². The highest BCUT2D eigenvalue weighted by Gasteiger charge is 2.14. The molecule has 0 radical (unpaired) electrons. The molecule has 0 aliphatic heterocycles. The first-order valence-corrected chi connectivity index (χ1v) is 10.1. The van der Waals surface area contributed by atoms with Gasteiger partial charge in [0.15, 0.2) is 5.43 Å². The maximum atomic E-state index is 12.6. The Morgan fingerprint density at radius 1 is 1.00 bits per heavy atom. The Bertz CT molecular complexity index is 1080. The third-order valence-electron chi connectivity index (χ3n) is 4.65. The number of hydrogen-bond acceptors (Lipinski definition) is 7. The highest BCUT2D eigenvalue weighted by molar-refractivity contribution is 5.80. The van der Waals surface area contributed by atoms with Crippen LogP contribution in [0.5, 0.6) is 17.2 Å². The van der Waals surface area contributed by atoms with Crippen molar-refractivity contribution in [2.24, 2.45) is 0 Å². The third-order valence-corrected chi connectivity index (χ3v) is 4.65. The molecule has 1 atom stereocenters. The average Bonchev–Trinajstić information content (AvgIpc) is 2.75. The standard InChI is InChI=1S/C24H29NO6/c1-24(2,3)25-13-16(26)14-30-17-6-7-20-21(27)12-22(31-23(20)11-17)15-8-18(28-4)10-19(9-15)29-5/h6-12,16,25-26H,13-14H2,1-5H3. The second-order valence-corrected chi connectivity index (χ2v) is 8.33. The van der Waals surface area contributed by atoms with Gasteiger partial charge >= 0.3 is 0 Å². The van der Waals surface area contributed by atoms with E-state index in [2.05, 4.69) is 5.32 Å². The van der Waals surface area contributed by atoms with Crippen LogP contribution in [0.1, 0.15) is 20.8 Å². The predicted molar refractivity (Wildman–Crippen MR) is 120 cm³/mol. The summed E-state index contributed by atoms with van der Waals surface area (Å²) in [4.78, 5) is 12.6. The maximum absolute atomic E-state index is 12.6. The van der Waals surface area contributed by atoms with Crippen molar-refractivity contribution >= 4 is 11.0 Å². The lowest BCUT2D eigenvalue weighted by Crippen LogP contribution is -2.42. The molecule has 0 fully saturated rings. The molecular formula is C24H29NO6. The van der Waals surface area contributed by atoms with E-state index in [0.29, 0.717) is 46.1 Å². The predicted octanol–water partition coefficient (Wildman–Crippen LogP) is 3.61. The molecular weight excluding hydrogens is 398 g/mol. The molecule has 3 aromatic rings. The summed E-state index contributed by atoms with van der Waals surface area (Å²) < 4.78 is 22.3. The molecule has 0 amide bonds. The van der Waals surface area contributed by atoms with Crippen molar-refractivity contribution in [2.45, 2.75) is 32.4 Å². The van der Waals surface area contributed by atoms with Gasteiger partial charge < -0.3 is 29.1 Å². The first-order chi connectivity index (χ1) is 14.7. The van der Waals surface area contributed by atoms with Gasteiger partial charge in [-0.15, -0.1) is 0 Å². The molecule has 0 aliphatic carbocycles. The van der Waals surface area contributed by atoms with Gasteiger partial charge in [0, 0.05) is 35.8 Å². The molecule has 0 bridgehead atoms. The van der Waals surface area contributed by atoms with Gasteiger partial charge in [0.1, 0.15) is 41.3 Å². The molecule has 1 heterocycles. The minimum atomic E-state index is -0.669. The second kappa shape index (κ2) is 9.41. The van der Waals surface area contributed by atoms with E-state index in [1.807, 2.05) is 20.8 Å². The summed E-state index contributed by atoms with van der Waals surface area (Å²) in [6, 6.07) is 11.7. The van der Waals surface area contributed by atoms with Crippen molar-refractivity contribution in [3.05, 3.63) is 52.7 Å². The fourth-order valence-corrected chi connectivity index (χ4v) is 2.99. The van der Waals surface area contributed by atoms with E-state index in [0.717, 1.165) is 0 Å². The van der Waals surface area contributed by atoms with Crippen LogP contribution >= 0.6 is 0 Å². The molecule has 2 aromatic carbocycles. The van der Waals surface area contributed by atoms with Gasteiger partial charge in [-0.1, -0.05) is 0 Å². The lowest BCUT2D eigenvalue weighted by molar-refractivity contribution is 0.100. The van der Waals surface area contributed by atoms with E-state index < -0.39 is 6.10 Å². The van der Waals surface area contributed by atoms with Crippen LogP contribution < -0.4 is 25.0 Å². The Labute approximate surface area is 181 Å². The molecule has 2 N–H and O–H groups in total. The van der Waals surface area contributed by atoms with E-state index in [9.17, 15) is 9.90 Å². The molecule has 3 rings (SSSR count). The number of methoxy groups -OCH3 is 2. The van der Waals surface area contributed by atoms with Gasteiger partial charge in [0.25, 0.3) is 0 Å². The van der Waals surface area contributed by atoms with Crippen molar-refractivity contribution in [1.29, 1.82) is 0 Å². The van der Waals surface area contributed by atoms with Gasteiger partial charge in [0.05, 0.1) is 19.6 Å². The molecule has 31 heavy (non-hydrogen) atoms. The Balaban J connectivity index is 1.85. The van der Waals surface area contributed by atoms with E-state index in [1.165, 1.54) is 6.07 Å². The Morgan fingerprint density at radius 3 is 2.29 bits per heavy atom. The van der Waals surface area contributed by atoms with Gasteiger partial charge in [-0.25, -0.2) is 0 Å². The van der Waals surface area contributed by atoms with Crippen molar-refractivity contribution in [3.8, 4) is 28.6 Å². The van der Waals surface area contributed by atoms with Gasteiger partial charge in [-0.2, -0.15) is 0 Å². The normalized spacial score (nSPS) is 12.6. The number of nitrogens with one attached hydrogen (secondary N) is 1. The highest BCUT2D eigenvalue weighted by Crippen LogP contribution is 2.31. The summed E-state index contributed by atoms with van der Waals surface area (Å²) in [7, 11) is 3.12. The number of fused-ring (bicyclic) bond motifs is 1. The number of β-amino-alcohol motifs (C(OH)–C–C–N with tert-alkyl or cyclic N) is 1. The molecule has 7 heteroatoms. The second-order valence-electron chi connectivity index (χ2n) is 8.33. The minimum Gasteiger partial charge on any atom is -0.497 e. The number of rotatable bonds is 8. The first-order valence-electron chi connectivity index (χ1n) is 10.1. The number of aliphatic hydroxyl groups is 1. The number of hydrogen-bond donors (Lipinski definition) is 2. The Morgan fingerprint density at radius 2 is 1.68 bits per heavy atom. The van der Waals surface area contributed by atoms with Crippen LogP contribution in [0.3, 0.4) is 0 Å². The highest BCUT2D eigenvalue weighted by atomic mass is 16.5. The number of benzene rings is 2. The maximum Gasteiger partial charge on any atom is 0.193 e. The summed E-state index contributed by atoms with van der Waals surface area (Å²) in [5.41, 5.74) is 0.792. The fraction of sp³-hybridized carbons (Fsp3) is 0.375. The molecule has 1 unspecified atom stereocenters. The lowest BCUT2D eigenvalue weighted by atomic mass is 10.1. The molecule has 0 saturated carbocycles. The Kier molecular flexibility index (Phi) is 6.87. The van der Waals surface area contributed by atoms with E-state index in [1.54, 1.807) is 50.6 Å². The van der Waals surface area contributed by atoms with Crippen LogP contribution in [-0.4, -0.2) is 44.1 Å². The molecule has 1 aromatic heterocycles. The van der Waals surface area contributed by atoms with E-state index >= 15 is 0 Å². The summed E-state index contributed by atoms with van der Waals surface area (Å²) in [6.45, 7) is 6.61. The van der Waals surface area contributed by atoms with E-state index in [4.69, 9.17) is 18.6 Å². The fourth-order valence-electron chi connectivity index (χ4n) is 2.99. The molecule has 0 spiro atoms. The molecule has 0 aliphatic rings. The summed E-state index contributed by atoms with van der Waals surface area (Å²) in [6.07, 6.45) is -0.669.